The van der Waals surface area contributed by atoms with Crippen LogP contribution < -0.4 is 0 Å². The smallest absolute Gasteiger partial charge is 1.00 e. The second-order valence-electron chi connectivity index (χ2n) is 5.75. The van der Waals surface area contributed by atoms with Crippen LogP contribution in [0.15, 0.2) is 35.2 Å². The summed E-state index contributed by atoms with van der Waals surface area (Å²) in [4.78, 5) is 0.116. The summed E-state index contributed by atoms with van der Waals surface area (Å²) >= 11 is 0. The molecule has 0 saturated heterocycles. The molecule has 0 heterocycles. The Kier molecular flexibility index (Phi) is 8.53. The van der Waals surface area contributed by atoms with E-state index in [1.807, 2.05) is 18.2 Å². The zero-order valence-corrected chi connectivity index (χ0v) is 17.0. The van der Waals surface area contributed by atoms with E-state index in [4.69, 9.17) is 0 Å². The monoisotopic (exact) mass is 362 g/mol. The van der Waals surface area contributed by atoms with Gasteiger partial charge in [0.15, 0.2) is 0 Å². The molecule has 0 aliphatic heterocycles. The van der Waals surface area contributed by atoms with Crippen LogP contribution in [0.1, 0.15) is 53.5 Å². The predicted octanol–water partition coefficient (Wildman–Crippen LogP) is 4.62. The maximum atomic E-state index is 12.0. The van der Waals surface area contributed by atoms with Crippen LogP contribution in [0, 0.1) is 0 Å². The molecule has 0 atom stereocenters. The Morgan fingerprint density at radius 3 is 2.26 bits per heavy atom. The molecule has 2 aromatic carbocycles. The maximum Gasteiger partial charge on any atom is 2.00 e. The second-order valence-corrected chi connectivity index (χ2v) is 7.11. The Balaban J connectivity index is 0. The van der Waals surface area contributed by atoms with Crippen molar-refractivity contribution in [1.82, 2.24) is 0 Å². The fraction of sp³-hybridized carbons (Fsp3) is 0.444. The largest absolute Gasteiger partial charge is 2.00 e. The third-order valence-electron chi connectivity index (χ3n) is 4.03. The molecule has 3 nitrogen and oxygen atoms in total. The van der Waals surface area contributed by atoms with Crippen molar-refractivity contribution in [3.63, 3.8) is 0 Å². The molecule has 0 bridgehead atoms. The maximum absolute atomic E-state index is 12.0. The number of hydrogen-bond donors (Lipinski definition) is 1. The van der Waals surface area contributed by atoms with Crippen molar-refractivity contribution in [3.05, 3.63) is 41.5 Å². The first-order chi connectivity index (χ1) is 10.5. The molecule has 0 radical (unpaired) electrons. The third kappa shape index (κ3) is 5.17. The standard InChI is InChI=1S/C18H24O3S.Ca.2H/c1-3-5-9-14-13-15-10-7-8-12-17(15)18(22(19,20)21)16(14)11-6-4-2;;;/h7-8,10,12-13H,3-6,9,11H2,1-2H3,(H,19,20,21);;;/q;+2;2*-1. The summed E-state index contributed by atoms with van der Waals surface area (Å²) in [5, 5.41) is 1.50. The topological polar surface area (TPSA) is 54.4 Å². The van der Waals surface area contributed by atoms with Gasteiger partial charge in [-0.15, -0.1) is 0 Å². The van der Waals surface area contributed by atoms with Gasteiger partial charge in [-0.3, -0.25) is 4.55 Å². The van der Waals surface area contributed by atoms with Crippen molar-refractivity contribution in [2.24, 2.45) is 0 Å². The van der Waals surface area contributed by atoms with E-state index in [1.165, 1.54) is 0 Å². The molecule has 1 N–H and O–H groups in total. The van der Waals surface area contributed by atoms with E-state index in [1.54, 1.807) is 6.07 Å². The summed E-state index contributed by atoms with van der Waals surface area (Å²) in [5.41, 5.74) is 1.86. The minimum Gasteiger partial charge on any atom is -1.00 e. The van der Waals surface area contributed by atoms with E-state index < -0.39 is 10.1 Å². The Bertz CT molecular complexity index is 764. The molecule has 0 aliphatic carbocycles. The number of unbranched alkanes of at least 4 members (excludes halogenated alkanes) is 2. The number of benzene rings is 2. The van der Waals surface area contributed by atoms with Crippen LogP contribution in [0.5, 0.6) is 0 Å². The van der Waals surface area contributed by atoms with Crippen LogP contribution in [0.4, 0.5) is 0 Å². The van der Waals surface area contributed by atoms with E-state index in [9.17, 15) is 13.0 Å². The van der Waals surface area contributed by atoms with E-state index in [2.05, 4.69) is 19.9 Å². The first-order valence-corrected chi connectivity index (χ1v) is 9.44. The quantitative estimate of drug-likeness (QED) is 0.578. The average molecular weight is 363 g/mol. The minimum absolute atomic E-state index is 0. The molecule has 2 aromatic rings. The van der Waals surface area contributed by atoms with Crippen molar-refractivity contribution in [2.75, 3.05) is 0 Å². The third-order valence-corrected chi connectivity index (χ3v) is 5.02. The molecule has 0 amide bonds. The predicted molar refractivity (Wildman–Crippen MR) is 99.0 cm³/mol. The van der Waals surface area contributed by atoms with Gasteiger partial charge in [-0.25, -0.2) is 0 Å². The normalized spacial score (nSPS) is 11.4. The number of hydrogen-bond acceptors (Lipinski definition) is 2. The summed E-state index contributed by atoms with van der Waals surface area (Å²) in [6, 6.07) is 9.48. The van der Waals surface area contributed by atoms with Gasteiger partial charge in [-0.2, -0.15) is 8.42 Å². The Hall–Kier alpha value is -0.130. The number of fused-ring (bicyclic) bond motifs is 1. The van der Waals surface area contributed by atoms with Crippen molar-refractivity contribution < 1.29 is 15.8 Å². The molecule has 0 saturated carbocycles. The summed E-state index contributed by atoms with van der Waals surface area (Å²) in [6.45, 7) is 4.20. The molecule has 2 rings (SSSR count). The van der Waals surface area contributed by atoms with Gasteiger partial charge < -0.3 is 2.85 Å². The summed E-state index contributed by atoms with van der Waals surface area (Å²) < 4.78 is 33.8. The van der Waals surface area contributed by atoms with Gasteiger partial charge in [0.25, 0.3) is 10.1 Å². The molecule has 0 spiro atoms. The molecule has 5 heteroatoms. The summed E-state index contributed by atoms with van der Waals surface area (Å²) in [5.74, 6) is 0. The van der Waals surface area contributed by atoms with E-state index in [0.717, 1.165) is 48.6 Å². The van der Waals surface area contributed by atoms with Crippen LogP contribution in [0.25, 0.3) is 10.8 Å². The SMILES string of the molecule is CCCCc1cc2ccccc2c(S(=O)(=O)O)c1CCCC.[Ca+2].[H-].[H-]. The molecule has 0 fully saturated rings. The first-order valence-electron chi connectivity index (χ1n) is 8.00. The zero-order valence-electron chi connectivity index (χ0n) is 16.0. The van der Waals surface area contributed by atoms with Crippen molar-refractivity contribution in [1.29, 1.82) is 0 Å². The van der Waals surface area contributed by atoms with Gasteiger partial charge in [0.1, 0.15) is 4.90 Å². The minimum atomic E-state index is -4.24. The van der Waals surface area contributed by atoms with Crippen LogP contribution >= 0.6 is 0 Å². The average Bonchev–Trinajstić information content (AvgIpc) is 2.48. The zero-order chi connectivity index (χ0) is 16.2. The van der Waals surface area contributed by atoms with E-state index >= 15 is 0 Å². The van der Waals surface area contributed by atoms with Gasteiger partial charge >= 0.3 is 37.7 Å². The molecular formula is C18H26CaO3S. The Labute approximate surface area is 172 Å². The van der Waals surface area contributed by atoms with Gasteiger partial charge in [-0.1, -0.05) is 57.0 Å². The molecule has 0 unspecified atom stereocenters. The second kappa shape index (κ2) is 9.38. The van der Waals surface area contributed by atoms with Crippen molar-refractivity contribution in [3.8, 4) is 0 Å². The molecule has 124 valence electrons. The molecule has 0 aromatic heterocycles. The Morgan fingerprint density at radius 1 is 1.04 bits per heavy atom. The fourth-order valence-corrected chi connectivity index (χ4v) is 3.93. The van der Waals surface area contributed by atoms with Crippen LogP contribution in [-0.4, -0.2) is 50.7 Å². The molecular weight excluding hydrogens is 336 g/mol. The van der Waals surface area contributed by atoms with Gasteiger partial charge in [0.2, 0.25) is 0 Å². The summed E-state index contributed by atoms with van der Waals surface area (Å²) in [6.07, 6.45) is 5.52. The van der Waals surface area contributed by atoms with Crippen LogP contribution in [0.3, 0.4) is 0 Å². The molecule has 23 heavy (non-hydrogen) atoms. The van der Waals surface area contributed by atoms with Crippen LogP contribution in [-0.2, 0) is 23.0 Å². The van der Waals surface area contributed by atoms with Gasteiger partial charge in [0, 0.05) is 5.39 Å². The van der Waals surface area contributed by atoms with Gasteiger partial charge in [-0.05, 0) is 42.2 Å². The number of rotatable bonds is 7. The number of aryl methyl sites for hydroxylation is 1. The molecule has 0 aliphatic rings. The fourth-order valence-electron chi connectivity index (χ4n) is 2.93. The van der Waals surface area contributed by atoms with Crippen molar-refractivity contribution >= 4 is 58.6 Å². The van der Waals surface area contributed by atoms with E-state index in [-0.39, 0.29) is 45.5 Å². The Morgan fingerprint density at radius 2 is 1.65 bits per heavy atom. The summed E-state index contributed by atoms with van der Waals surface area (Å²) in [7, 11) is -4.24. The van der Waals surface area contributed by atoms with Gasteiger partial charge in [0.05, 0.1) is 0 Å². The van der Waals surface area contributed by atoms with Crippen LogP contribution in [0.2, 0.25) is 0 Å². The first kappa shape index (κ1) is 20.9. The van der Waals surface area contributed by atoms with E-state index in [0.29, 0.717) is 11.8 Å². The van der Waals surface area contributed by atoms with Crippen molar-refractivity contribution in [2.45, 2.75) is 57.3 Å².